The Morgan fingerprint density at radius 3 is 2.23 bits per heavy atom. The van der Waals surface area contributed by atoms with Gasteiger partial charge in [0, 0.05) is 0 Å². The summed E-state index contributed by atoms with van der Waals surface area (Å²) in [5.74, 6) is 3.81. The number of aliphatic hydroxyl groups is 1. The topological polar surface area (TPSA) is 80.4 Å². The van der Waals surface area contributed by atoms with Crippen LogP contribution in [0.1, 0.15) is 118 Å². The standard InChI is InChI=1S/C34H54O3S.CH5N/c1-32(2,3)20-18-28(38(36,37)27-9-7-6-8-10-27)14-11-24-13-16-30-29-15-12-25-23-26(35)17-21-34(25,5)31(29)19-22-33(24,30)4;1-2/h6-10,24-26,28-31,35H,11-23H2,1-5H3;2H2,1H3. The molecule has 0 spiro atoms. The molecule has 40 heavy (non-hydrogen) atoms. The molecule has 4 nitrogen and oxygen atoms in total. The summed E-state index contributed by atoms with van der Waals surface area (Å²) in [5, 5.41) is 10.1. The van der Waals surface area contributed by atoms with Gasteiger partial charge in [0.25, 0.3) is 0 Å². The van der Waals surface area contributed by atoms with Gasteiger partial charge in [0.1, 0.15) is 0 Å². The molecule has 9 atom stereocenters. The highest BCUT2D eigenvalue weighted by Gasteiger charge is 2.60. The van der Waals surface area contributed by atoms with Crippen LogP contribution in [-0.4, -0.2) is 31.9 Å². The lowest BCUT2D eigenvalue weighted by atomic mass is 9.44. The first kappa shape index (κ1) is 32.0. The van der Waals surface area contributed by atoms with Crippen molar-refractivity contribution in [3.8, 4) is 0 Å². The highest BCUT2D eigenvalue weighted by atomic mass is 32.2. The predicted molar refractivity (Wildman–Crippen MR) is 167 cm³/mol. The molecule has 0 amide bonds. The maximum absolute atomic E-state index is 13.8. The number of nitrogens with two attached hydrogens (primary N) is 1. The molecule has 3 N–H and O–H groups in total. The van der Waals surface area contributed by atoms with Crippen LogP contribution in [0.5, 0.6) is 0 Å². The number of hydrogen-bond donors (Lipinski definition) is 2. The number of sulfone groups is 1. The minimum atomic E-state index is -3.33. The molecular formula is C35H59NO3S. The number of aliphatic hydroxyl groups excluding tert-OH is 1. The lowest BCUT2D eigenvalue weighted by Crippen LogP contribution is -2.53. The van der Waals surface area contributed by atoms with Crippen LogP contribution in [-0.2, 0) is 9.84 Å². The Morgan fingerprint density at radius 1 is 0.900 bits per heavy atom. The van der Waals surface area contributed by atoms with E-state index in [1.807, 2.05) is 18.2 Å². The molecule has 1 aromatic rings. The molecule has 5 rings (SSSR count). The Hall–Kier alpha value is -0.910. The van der Waals surface area contributed by atoms with E-state index in [4.69, 9.17) is 0 Å². The monoisotopic (exact) mass is 573 g/mol. The minimum absolute atomic E-state index is 0.0762. The molecule has 0 radical (unpaired) electrons. The average Bonchev–Trinajstić information content (AvgIpc) is 3.26. The Kier molecular flexibility index (Phi) is 9.90. The molecule has 0 saturated heterocycles. The smallest absolute Gasteiger partial charge is 0.181 e. The molecule has 4 aliphatic carbocycles. The maximum atomic E-state index is 13.8. The van der Waals surface area contributed by atoms with E-state index in [2.05, 4.69) is 40.4 Å². The van der Waals surface area contributed by atoms with Gasteiger partial charge in [0.2, 0.25) is 0 Å². The van der Waals surface area contributed by atoms with Gasteiger partial charge < -0.3 is 10.8 Å². The molecular weight excluding hydrogens is 514 g/mol. The molecule has 5 heteroatoms. The second-order valence-corrected chi connectivity index (χ2v) is 17.8. The zero-order valence-corrected chi connectivity index (χ0v) is 27.2. The van der Waals surface area contributed by atoms with E-state index < -0.39 is 9.84 Å². The second kappa shape index (κ2) is 12.4. The maximum Gasteiger partial charge on any atom is 0.181 e. The van der Waals surface area contributed by atoms with Crippen LogP contribution in [0, 0.1) is 45.8 Å². The fourth-order valence-corrected chi connectivity index (χ4v) is 11.9. The Bertz CT molecular complexity index is 1070. The van der Waals surface area contributed by atoms with Crippen LogP contribution in [0.3, 0.4) is 0 Å². The first-order valence-corrected chi connectivity index (χ1v) is 17.9. The fourth-order valence-electron chi connectivity index (χ4n) is 10.1. The van der Waals surface area contributed by atoms with Crippen molar-refractivity contribution in [1.82, 2.24) is 0 Å². The molecule has 0 aliphatic heterocycles. The third-order valence-electron chi connectivity index (χ3n) is 12.4. The van der Waals surface area contributed by atoms with Crippen molar-refractivity contribution in [3.05, 3.63) is 30.3 Å². The van der Waals surface area contributed by atoms with E-state index in [9.17, 15) is 13.5 Å². The summed E-state index contributed by atoms with van der Waals surface area (Å²) >= 11 is 0. The Balaban J connectivity index is 0.00000181. The quantitative estimate of drug-likeness (QED) is 0.346. The van der Waals surface area contributed by atoms with Gasteiger partial charge in [0.05, 0.1) is 16.2 Å². The van der Waals surface area contributed by atoms with Crippen LogP contribution in [0.15, 0.2) is 35.2 Å². The van der Waals surface area contributed by atoms with Crippen LogP contribution < -0.4 is 5.73 Å². The largest absolute Gasteiger partial charge is 0.393 e. The molecule has 9 unspecified atom stereocenters. The number of hydrogen-bond acceptors (Lipinski definition) is 4. The average molecular weight is 574 g/mol. The van der Waals surface area contributed by atoms with E-state index in [0.717, 1.165) is 56.3 Å². The minimum Gasteiger partial charge on any atom is -0.393 e. The van der Waals surface area contributed by atoms with Crippen LogP contribution in [0.25, 0.3) is 0 Å². The van der Waals surface area contributed by atoms with Crippen molar-refractivity contribution in [2.45, 2.75) is 134 Å². The van der Waals surface area contributed by atoms with Gasteiger partial charge in [-0.15, -0.1) is 0 Å². The summed E-state index contributed by atoms with van der Waals surface area (Å²) in [6.45, 7) is 11.8. The highest BCUT2D eigenvalue weighted by Crippen LogP contribution is 2.68. The zero-order valence-electron chi connectivity index (χ0n) is 26.4. The lowest BCUT2D eigenvalue weighted by Gasteiger charge is -2.61. The van der Waals surface area contributed by atoms with Gasteiger partial charge in [-0.25, -0.2) is 8.42 Å². The zero-order chi connectivity index (χ0) is 29.3. The third-order valence-corrected chi connectivity index (χ3v) is 14.7. The van der Waals surface area contributed by atoms with Crippen molar-refractivity contribution in [2.24, 2.45) is 51.6 Å². The molecule has 1 aromatic carbocycles. The summed E-state index contributed by atoms with van der Waals surface area (Å²) in [4.78, 5) is 0.498. The van der Waals surface area contributed by atoms with Gasteiger partial charge in [-0.05, 0) is 148 Å². The molecule has 4 saturated carbocycles. The van der Waals surface area contributed by atoms with Crippen LogP contribution in [0.4, 0.5) is 0 Å². The number of rotatable bonds is 7. The third kappa shape index (κ3) is 6.23. The van der Waals surface area contributed by atoms with Crippen LogP contribution >= 0.6 is 0 Å². The molecule has 228 valence electrons. The number of benzene rings is 1. The van der Waals surface area contributed by atoms with Crippen molar-refractivity contribution < 1.29 is 13.5 Å². The Labute approximate surface area is 246 Å². The fraction of sp³-hybridized carbons (Fsp3) is 0.829. The summed E-state index contributed by atoms with van der Waals surface area (Å²) in [7, 11) is -1.83. The SMILES string of the molecule is CC(C)(C)CCC(CCC1CCC2C3CCC4CC(O)CCC4(C)C3CCC12C)S(=O)(=O)c1ccccc1.CN. The van der Waals surface area contributed by atoms with Gasteiger partial charge in [-0.3, -0.25) is 0 Å². The van der Waals surface area contributed by atoms with E-state index in [-0.39, 0.29) is 16.8 Å². The highest BCUT2D eigenvalue weighted by molar-refractivity contribution is 7.92. The van der Waals surface area contributed by atoms with Crippen molar-refractivity contribution in [1.29, 1.82) is 0 Å². The molecule has 0 aromatic heterocycles. The van der Waals surface area contributed by atoms with Crippen LogP contribution in [0.2, 0.25) is 0 Å². The van der Waals surface area contributed by atoms with E-state index >= 15 is 0 Å². The molecule has 4 fully saturated rings. The van der Waals surface area contributed by atoms with Crippen molar-refractivity contribution >= 4 is 9.84 Å². The van der Waals surface area contributed by atoms with E-state index in [1.165, 1.54) is 52.0 Å². The van der Waals surface area contributed by atoms with Gasteiger partial charge in [0.15, 0.2) is 9.84 Å². The predicted octanol–water partition coefficient (Wildman–Crippen LogP) is 8.03. The van der Waals surface area contributed by atoms with Gasteiger partial charge in [-0.1, -0.05) is 52.8 Å². The van der Waals surface area contributed by atoms with E-state index in [0.29, 0.717) is 27.6 Å². The second-order valence-electron chi connectivity index (χ2n) is 15.6. The lowest BCUT2D eigenvalue weighted by molar-refractivity contribution is -0.127. The molecule has 0 heterocycles. The summed E-state index contributed by atoms with van der Waals surface area (Å²) < 4.78 is 27.6. The first-order chi connectivity index (χ1) is 18.8. The normalized spacial score (nSPS) is 38.3. The van der Waals surface area contributed by atoms with Gasteiger partial charge >= 0.3 is 0 Å². The number of fused-ring (bicyclic) bond motifs is 5. The van der Waals surface area contributed by atoms with E-state index in [1.54, 1.807) is 12.1 Å². The van der Waals surface area contributed by atoms with Gasteiger partial charge in [-0.2, -0.15) is 0 Å². The first-order valence-electron chi connectivity index (χ1n) is 16.4. The van der Waals surface area contributed by atoms with Crippen molar-refractivity contribution in [3.63, 3.8) is 0 Å². The summed E-state index contributed by atoms with van der Waals surface area (Å²) in [5.41, 5.74) is 5.42. The molecule has 0 bridgehead atoms. The summed E-state index contributed by atoms with van der Waals surface area (Å²) in [6.07, 6.45) is 14.6. The molecule has 4 aliphatic rings. The Morgan fingerprint density at radius 2 is 1.55 bits per heavy atom. The van der Waals surface area contributed by atoms with Crippen molar-refractivity contribution in [2.75, 3.05) is 7.05 Å². The summed E-state index contributed by atoms with van der Waals surface area (Å²) in [6, 6.07) is 9.19.